The summed E-state index contributed by atoms with van der Waals surface area (Å²) in [5, 5.41) is 8.68. The molecule has 0 bridgehead atoms. The minimum absolute atomic E-state index is 0.0109. The molecule has 1 amide bonds. The number of nitrogens with zero attached hydrogens (tertiary/aromatic N) is 2. The fourth-order valence-electron chi connectivity index (χ4n) is 2.64. The van der Waals surface area contributed by atoms with Gasteiger partial charge in [0, 0.05) is 12.6 Å². The predicted molar refractivity (Wildman–Crippen MR) is 102 cm³/mol. The molecule has 1 atom stereocenters. The van der Waals surface area contributed by atoms with E-state index in [9.17, 15) is 13.2 Å². The molecule has 1 aromatic carbocycles. The van der Waals surface area contributed by atoms with Crippen LogP contribution >= 0.6 is 11.8 Å². The number of thioether (sulfide) groups is 1. The van der Waals surface area contributed by atoms with Crippen LogP contribution in [-0.2, 0) is 21.4 Å². The Morgan fingerprint density at radius 1 is 1.46 bits per heavy atom. The Morgan fingerprint density at radius 2 is 2.19 bits per heavy atom. The van der Waals surface area contributed by atoms with E-state index in [2.05, 4.69) is 21.8 Å². The lowest BCUT2D eigenvalue weighted by atomic mass is 10.3. The second-order valence-electron chi connectivity index (χ2n) is 6.64. The zero-order valence-electron chi connectivity index (χ0n) is 14.9. The number of nitrogens with two attached hydrogens (primary N) is 1. The van der Waals surface area contributed by atoms with Crippen molar-refractivity contribution in [3.8, 4) is 0 Å². The molecule has 1 aliphatic carbocycles. The SMILES string of the molecule is CCCCn1c(S[C@H](C)C(=O)NC2CC2)nc2cc(S(N)(=O)=O)ccc21. The van der Waals surface area contributed by atoms with Gasteiger partial charge in [0.15, 0.2) is 5.16 Å². The lowest BCUT2D eigenvalue weighted by Crippen LogP contribution is -2.32. The molecule has 0 radical (unpaired) electrons. The van der Waals surface area contributed by atoms with E-state index in [4.69, 9.17) is 5.14 Å². The number of rotatable bonds is 8. The quantitative estimate of drug-likeness (QED) is 0.666. The van der Waals surface area contributed by atoms with Gasteiger partial charge in [-0.3, -0.25) is 4.79 Å². The average Bonchev–Trinajstić information content (AvgIpc) is 3.32. The number of nitrogens with one attached hydrogen (secondary N) is 1. The van der Waals surface area contributed by atoms with Gasteiger partial charge in [-0.1, -0.05) is 25.1 Å². The van der Waals surface area contributed by atoms with Gasteiger partial charge < -0.3 is 9.88 Å². The number of primary sulfonamides is 1. The van der Waals surface area contributed by atoms with Crippen molar-refractivity contribution in [2.24, 2.45) is 5.14 Å². The number of benzene rings is 1. The molecule has 0 aliphatic heterocycles. The number of amides is 1. The van der Waals surface area contributed by atoms with Gasteiger partial charge in [-0.25, -0.2) is 18.5 Å². The van der Waals surface area contributed by atoms with Crippen LogP contribution in [0.1, 0.15) is 39.5 Å². The van der Waals surface area contributed by atoms with Gasteiger partial charge in [0.05, 0.1) is 21.2 Å². The Kier molecular flexibility index (Phi) is 5.59. The number of hydrogen-bond donors (Lipinski definition) is 2. The number of sulfonamides is 1. The summed E-state index contributed by atoms with van der Waals surface area (Å²) in [5.41, 5.74) is 1.42. The first-order valence-electron chi connectivity index (χ1n) is 8.79. The highest BCUT2D eigenvalue weighted by molar-refractivity contribution is 8.00. The van der Waals surface area contributed by atoms with Gasteiger partial charge in [0.2, 0.25) is 15.9 Å². The standard InChI is InChI=1S/C17H24N4O3S2/c1-3-4-9-21-15-8-7-13(26(18,23)24)10-14(15)20-17(21)25-11(2)16(22)19-12-5-6-12/h7-8,10-12H,3-6,9H2,1-2H3,(H,19,22)(H2,18,23,24)/t11-/m1/s1. The van der Waals surface area contributed by atoms with E-state index in [1.807, 2.05) is 6.92 Å². The first-order chi connectivity index (χ1) is 12.3. The third-order valence-corrected chi connectivity index (χ3v) is 6.32. The summed E-state index contributed by atoms with van der Waals surface area (Å²) in [5.74, 6) is 0.0109. The third kappa shape index (κ3) is 4.39. The Balaban J connectivity index is 1.92. The molecular weight excluding hydrogens is 372 g/mol. The van der Waals surface area contributed by atoms with Crippen molar-refractivity contribution >= 4 is 38.7 Å². The molecule has 1 aromatic heterocycles. The van der Waals surface area contributed by atoms with Gasteiger partial charge in [-0.2, -0.15) is 0 Å². The van der Waals surface area contributed by atoms with E-state index >= 15 is 0 Å². The Labute approximate surface area is 157 Å². The van der Waals surface area contributed by atoms with Gasteiger partial charge in [0.25, 0.3) is 0 Å². The summed E-state index contributed by atoms with van der Waals surface area (Å²) in [6.45, 7) is 4.74. The summed E-state index contributed by atoms with van der Waals surface area (Å²) >= 11 is 1.40. The highest BCUT2D eigenvalue weighted by atomic mass is 32.2. The molecule has 7 nitrogen and oxygen atoms in total. The normalized spacial score (nSPS) is 16.0. The van der Waals surface area contributed by atoms with Crippen LogP contribution in [0.4, 0.5) is 0 Å². The first-order valence-corrected chi connectivity index (χ1v) is 11.2. The summed E-state index contributed by atoms with van der Waals surface area (Å²) in [4.78, 5) is 16.9. The van der Waals surface area contributed by atoms with Crippen LogP contribution in [0.3, 0.4) is 0 Å². The zero-order chi connectivity index (χ0) is 18.9. The van der Waals surface area contributed by atoms with Crippen LogP contribution < -0.4 is 10.5 Å². The number of aryl methyl sites for hydroxylation is 1. The topological polar surface area (TPSA) is 107 Å². The molecule has 142 valence electrons. The van der Waals surface area contributed by atoms with Crippen molar-refractivity contribution in [2.45, 2.75) is 67.4 Å². The van der Waals surface area contributed by atoms with E-state index in [1.165, 1.54) is 23.9 Å². The Hall–Kier alpha value is -1.58. The van der Waals surface area contributed by atoms with E-state index in [1.54, 1.807) is 6.07 Å². The zero-order valence-corrected chi connectivity index (χ0v) is 16.6. The minimum Gasteiger partial charge on any atom is -0.352 e. The van der Waals surface area contributed by atoms with Crippen molar-refractivity contribution in [3.05, 3.63) is 18.2 Å². The number of carbonyl (C=O) groups excluding carboxylic acids is 1. The predicted octanol–water partition coefficient (Wildman–Crippen LogP) is 2.24. The van der Waals surface area contributed by atoms with Crippen molar-refractivity contribution in [3.63, 3.8) is 0 Å². The van der Waals surface area contributed by atoms with Gasteiger partial charge in [-0.15, -0.1) is 0 Å². The molecule has 0 saturated heterocycles. The average molecular weight is 397 g/mol. The number of carbonyl (C=O) groups is 1. The van der Waals surface area contributed by atoms with Crippen LogP contribution in [0.15, 0.2) is 28.3 Å². The smallest absolute Gasteiger partial charge is 0.238 e. The highest BCUT2D eigenvalue weighted by Gasteiger charge is 2.27. The van der Waals surface area contributed by atoms with E-state index in [-0.39, 0.29) is 16.1 Å². The lowest BCUT2D eigenvalue weighted by Gasteiger charge is -2.13. The van der Waals surface area contributed by atoms with Crippen molar-refractivity contribution in [2.75, 3.05) is 0 Å². The maximum atomic E-state index is 12.3. The summed E-state index contributed by atoms with van der Waals surface area (Å²) in [7, 11) is -3.78. The molecule has 3 rings (SSSR count). The molecule has 2 aromatic rings. The molecule has 1 aliphatic rings. The van der Waals surface area contributed by atoms with Crippen LogP contribution in [0.5, 0.6) is 0 Å². The molecule has 0 unspecified atom stereocenters. The number of imidazole rings is 1. The molecule has 3 N–H and O–H groups in total. The van der Waals surface area contributed by atoms with Crippen molar-refractivity contribution in [1.82, 2.24) is 14.9 Å². The molecule has 0 spiro atoms. The fraction of sp³-hybridized carbons (Fsp3) is 0.529. The van der Waals surface area contributed by atoms with Crippen LogP contribution in [0.25, 0.3) is 11.0 Å². The molecule has 1 fully saturated rings. The van der Waals surface area contributed by atoms with Crippen LogP contribution in [-0.4, -0.2) is 35.2 Å². The maximum Gasteiger partial charge on any atom is 0.238 e. The minimum atomic E-state index is -3.78. The molecule has 26 heavy (non-hydrogen) atoms. The molecular formula is C17H24N4O3S2. The van der Waals surface area contributed by atoms with Crippen LogP contribution in [0, 0.1) is 0 Å². The summed E-state index contributed by atoms with van der Waals surface area (Å²) in [6.07, 6.45) is 4.10. The number of fused-ring (bicyclic) bond motifs is 1. The second kappa shape index (κ2) is 7.58. The fourth-order valence-corrected chi connectivity index (χ4v) is 4.14. The second-order valence-corrected chi connectivity index (χ2v) is 9.51. The molecule has 1 heterocycles. The number of aromatic nitrogens is 2. The number of hydrogen-bond acceptors (Lipinski definition) is 5. The van der Waals surface area contributed by atoms with Crippen molar-refractivity contribution in [1.29, 1.82) is 0 Å². The van der Waals surface area contributed by atoms with Gasteiger partial charge in [-0.05, 0) is 44.4 Å². The maximum absolute atomic E-state index is 12.3. The Bertz CT molecular complexity index is 919. The monoisotopic (exact) mass is 396 g/mol. The number of unbranched alkanes of at least 4 members (excludes halogenated alkanes) is 1. The van der Waals surface area contributed by atoms with E-state index in [0.29, 0.717) is 11.6 Å². The highest BCUT2D eigenvalue weighted by Crippen LogP contribution is 2.30. The van der Waals surface area contributed by atoms with E-state index < -0.39 is 10.0 Å². The van der Waals surface area contributed by atoms with Crippen molar-refractivity contribution < 1.29 is 13.2 Å². The van der Waals surface area contributed by atoms with E-state index in [0.717, 1.165) is 42.9 Å². The summed E-state index contributed by atoms with van der Waals surface area (Å²) in [6, 6.07) is 5.05. The summed E-state index contributed by atoms with van der Waals surface area (Å²) < 4.78 is 25.3. The third-order valence-electron chi connectivity index (χ3n) is 4.32. The molecule has 9 heteroatoms. The Morgan fingerprint density at radius 3 is 2.81 bits per heavy atom. The molecule has 1 saturated carbocycles. The lowest BCUT2D eigenvalue weighted by molar-refractivity contribution is -0.120. The van der Waals surface area contributed by atoms with Gasteiger partial charge >= 0.3 is 0 Å². The van der Waals surface area contributed by atoms with Gasteiger partial charge in [0.1, 0.15) is 0 Å². The largest absolute Gasteiger partial charge is 0.352 e. The van der Waals surface area contributed by atoms with Crippen LogP contribution in [0.2, 0.25) is 0 Å². The first kappa shape index (κ1) is 19.2.